The summed E-state index contributed by atoms with van der Waals surface area (Å²) < 4.78 is 7.79. The summed E-state index contributed by atoms with van der Waals surface area (Å²) in [6.45, 7) is 7.70. The topological polar surface area (TPSA) is 93.9 Å². The number of hydrogen-bond donors (Lipinski definition) is 1. The Morgan fingerprint density at radius 3 is 2.36 bits per heavy atom. The Balaban J connectivity index is 2.53. The van der Waals surface area contributed by atoms with Crippen molar-refractivity contribution in [3.8, 4) is 17.6 Å². The Morgan fingerprint density at radius 1 is 1.28 bits per heavy atom. The summed E-state index contributed by atoms with van der Waals surface area (Å²) in [6, 6.07) is 9.00. The van der Waals surface area contributed by atoms with Gasteiger partial charge in [-0.05, 0) is 50.5 Å². The van der Waals surface area contributed by atoms with Crippen LogP contribution in [-0.2, 0) is 23.2 Å². The zero-order valence-corrected chi connectivity index (χ0v) is 15.2. The molecule has 0 saturated heterocycles. The maximum atomic E-state index is 12.0. The Morgan fingerprint density at radius 2 is 1.92 bits per heavy atom. The smallest absolute Gasteiger partial charge is 0.245 e. The first-order valence-corrected chi connectivity index (χ1v) is 8.50. The number of nitrogens with zero attached hydrogens (tertiary/aromatic N) is 3. The number of primary amides is 1. The van der Waals surface area contributed by atoms with Gasteiger partial charge in [-0.25, -0.2) is 0 Å². The van der Waals surface area contributed by atoms with Crippen LogP contribution in [0.25, 0.3) is 0 Å². The van der Waals surface area contributed by atoms with Gasteiger partial charge in [0, 0.05) is 0 Å². The summed E-state index contributed by atoms with van der Waals surface area (Å²) >= 11 is 0. The van der Waals surface area contributed by atoms with Crippen LogP contribution < -0.4 is 10.5 Å². The molecule has 0 bridgehead atoms. The van der Waals surface area contributed by atoms with Gasteiger partial charge in [0.05, 0.1) is 17.3 Å². The van der Waals surface area contributed by atoms with Crippen molar-refractivity contribution in [3.63, 3.8) is 0 Å². The molecular weight excluding hydrogens is 316 g/mol. The normalized spacial score (nSPS) is 13.1. The summed E-state index contributed by atoms with van der Waals surface area (Å²) in [5.74, 6) is 0.871. The van der Waals surface area contributed by atoms with Crippen molar-refractivity contribution in [2.75, 3.05) is 0 Å². The monoisotopic (exact) mass is 340 g/mol. The van der Waals surface area contributed by atoms with Gasteiger partial charge < -0.3 is 10.5 Å². The number of nitriles is 1. The van der Waals surface area contributed by atoms with Crippen molar-refractivity contribution in [1.29, 1.82) is 5.26 Å². The van der Waals surface area contributed by atoms with Crippen LogP contribution in [0, 0.1) is 11.3 Å². The molecule has 2 aromatic rings. The van der Waals surface area contributed by atoms with E-state index in [2.05, 4.69) is 11.2 Å². The quantitative estimate of drug-likeness (QED) is 0.837. The molecule has 0 aliphatic carbocycles. The van der Waals surface area contributed by atoms with E-state index in [-0.39, 0.29) is 0 Å². The van der Waals surface area contributed by atoms with E-state index in [4.69, 9.17) is 15.7 Å². The first-order chi connectivity index (χ1) is 11.9. The summed E-state index contributed by atoms with van der Waals surface area (Å²) in [5, 5.41) is 13.5. The SMILES string of the molecule is CCc1nn(C(C)(CC)C(N)=O)c(CC)c1Oc1ccc(C#N)cc1. The predicted molar refractivity (Wildman–Crippen MR) is 95.3 cm³/mol. The standard InChI is InChI=1S/C19H24N4O2/c1-5-15-17(25-14-10-8-13(12-20)9-11-14)16(6-2)23(22-15)19(4,7-3)18(21)24/h8-11H,5-7H2,1-4H3,(H2,21,24). The van der Waals surface area contributed by atoms with Gasteiger partial charge in [-0.2, -0.15) is 10.4 Å². The average molecular weight is 340 g/mol. The second kappa shape index (κ2) is 7.39. The van der Waals surface area contributed by atoms with Crippen LogP contribution in [0.4, 0.5) is 0 Å². The Kier molecular flexibility index (Phi) is 5.48. The molecule has 1 aromatic carbocycles. The third kappa shape index (κ3) is 3.36. The number of carbonyl (C=O) groups excluding carboxylic acids is 1. The number of rotatable bonds is 7. The van der Waals surface area contributed by atoms with E-state index >= 15 is 0 Å². The summed E-state index contributed by atoms with van der Waals surface area (Å²) in [5.41, 5.74) is 6.94. The summed E-state index contributed by atoms with van der Waals surface area (Å²) in [7, 11) is 0. The minimum Gasteiger partial charge on any atom is -0.453 e. The average Bonchev–Trinajstić information content (AvgIpc) is 2.99. The van der Waals surface area contributed by atoms with Gasteiger partial charge in [0.1, 0.15) is 17.0 Å². The lowest BCUT2D eigenvalue weighted by atomic mass is 9.98. The Labute approximate surface area is 148 Å². The lowest BCUT2D eigenvalue weighted by Gasteiger charge is -2.27. The molecule has 0 fully saturated rings. The number of nitrogens with two attached hydrogens (primary N) is 1. The minimum absolute atomic E-state index is 0.417. The second-order valence-electron chi connectivity index (χ2n) is 6.07. The van der Waals surface area contributed by atoms with Crippen molar-refractivity contribution < 1.29 is 9.53 Å². The van der Waals surface area contributed by atoms with Crippen LogP contribution in [0.5, 0.6) is 11.5 Å². The first-order valence-electron chi connectivity index (χ1n) is 8.50. The lowest BCUT2D eigenvalue weighted by molar-refractivity contribution is -0.126. The minimum atomic E-state index is -0.901. The number of ether oxygens (including phenoxy) is 1. The molecule has 0 aliphatic rings. The number of aryl methyl sites for hydroxylation is 1. The number of amides is 1. The van der Waals surface area contributed by atoms with Gasteiger partial charge in [-0.3, -0.25) is 9.48 Å². The fourth-order valence-corrected chi connectivity index (χ4v) is 2.70. The van der Waals surface area contributed by atoms with E-state index in [1.807, 2.05) is 20.8 Å². The molecular formula is C19H24N4O2. The second-order valence-corrected chi connectivity index (χ2v) is 6.07. The predicted octanol–water partition coefficient (Wildman–Crippen LogP) is 3.28. The van der Waals surface area contributed by atoms with Gasteiger partial charge in [-0.15, -0.1) is 0 Å². The largest absolute Gasteiger partial charge is 0.453 e. The molecule has 0 spiro atoms. The Hall–Kier alpha value is -2.81. The van der Waals surface area contributed by atoms with Crippen LogP contribution >= 0.6 is 0 Å². The molecule has 2 rings (SSSR count). The lowest BCUT2D eigenvalue weighted by Crippen LogP contribution is -2.44. The zero-order valence-electron chi connectivity index (χ0n) is 15.2. The van der Waals surface area contributed by atoms with Crippen molar-refractivity contribution in [3.05, 3.63) is 41.2 Å². The van der Waals surface area contributed by atoms with E-state index in [1.54, 1.807) is 35.9 Å². The van der Waals surface area contributed by atoms with Gasteiger partial charge in [-0.1, -0.05) is 20.8 Å². The molecule has 6 heteroatoms. The molecule has 6 nitrogen and oxygen atoms in total. The fourth-order valence-electron chi connectivity index (χ4n) is 2.70. The molecule has 0 saturated carbocycles. The van der Waals surface area contributed by atoms with Gasteiger partial charge >= 0.3 is 0 Å². The molecule has 1 amide bonds. The molecule has 25 heavy (non-hydrogen) atoms. The number of carbonyl (C=O) groups is 1. The van der Waals surface area contributed by atoms with E-state index in [0.29, 0.717) is 36.3 Å². The van der Waals surface area contributed by atoms with E-state index < -0.39 is 11.4 Å². The molecule has 1 atom stereocenters. The number of hydrogen-bond acceptors (Lipinski definition) is 4. The third-order valence-corrected chi connectivity index (χ3v) is 4.56. The van der Waals surface area contributed by atoms with Crippen LogP contribution in [0.15, 0.2) is 24.3 Å². The van der Waals surface area contributed by atoms with Crippen LogP contribution in [-0.4, -0.2) is 15.7 Å². The van der Waals surface area contributed by atoms with Crippen molar-refractivity contribution in [2.24, 2.45) is 5.73 Å². The van der Waals surface area contributed by atoms with Crippen molar-refractivity contribution >= 4 is 5.91 Å². The van der Waals surface area contributed by atoms with Crippen molar-refractivity contribution in [1.82, 2.24) is 9.78 Å². The Bertz CT molecular complexity index is 802. The maximum Gasteiger partial charge on any atom is 0.245 e. The molecule has 1 aromatic heterocycles. The molecule has 1 heterocycles. The maximum absolute atomic E-state index is 12.0. The molecule has 132 valence electrons. The van der Waals surface area contributed by atoms with Gasteiger partial charge in [0.15, 0.2) is 5.75 Å². The summed E-state index contributed by atoms with van der Waals surface area (Å²) in [4.78, 5) is 12.0. The highest BCUT2D eigenvalue weighted by Crippen LogP contribution is 2.34. The van der Waals surface area contributed by atoms with E-state index in [0.717, 1.165) is 11.4 Å². The fraction of sp³-hybridized carbons (Fsp3) is 0.421. The molecule has 2 N–H and O–H groups in total. The van der Waals surface area contributed by atoms with Crippen molar-refractivity contribution in [2.45, 2.75) is 52.5 Å². The number of aromatic nitrogens is 2. The van der Waals surface area contributed by atoms with E-state index in [1.165, 1.54) is 0 Å². The van der Waals surface area contributed by atoms with Gasteiger partial charge in [0.2, 0.25) is 5.91 Å². The van der Waals surface area contributed by atoms with Crippen LogP contribution in [0.3, 0.4) is 0 Å². The van der Waals surface area contributed by atoms with E-state index in [9.17, 15) is 4.79 Å². The van der Waals surface area contributed by atoms with Crippen LogP contribution in [0.1, 0.15) is 51.1 Å². The molecule has 0 radical (unpaired) electrons. The number of benzene rings is 1. The third-order valence-electron chi connectivity index (χ3n) is 4.56. The summed E-state index contributed by atoms with van der Waals surface area (Å²) in [6.07, 6.45) is 1.86. The highest BCUT2D eigenvalue weighted by atomic mass is 16.5. The molecule has 0 aliphatic heterocycles. The first kappa shape index (κ1) is 18.5. The van der Waals surface area contributed by atoms with Gasteiger partial charge in [0.25, 0.3) is 0 Å². The molecule has 1 unspecified atom stereocenters. The van der Waals surface area contributed by atoms with Crippen LogP contribution in [0.2, 0.25) is 0 Å². The highest BCUT2D eigenvalue weighted by Gasteiger charge is 2.36. The zero-order chi connectivity index (χ0) is 18.6. The highest BCUT2D eigenvalue weighted by molar-refractivity contribution is 5.82.